The van der Waals surface area contributed by atoms with E-state index in [0.29, 0.717) is 0 Å². The van der Waals surface area contributed by atoms with Crippen LogP contribution in [0.3, 0.4) is 0 Å². The molecule has 1 heterocycles. The molecule has 0 aromatic carbocycles. The number of likely N-dealkylation sites (tertiary alicyclic amines) is 1. The Balaban J connectivity index is 1.49. The molecule has 1 saturated heterocycles. The zero-order chi connectivity index (χ0) is 16.2. The summed E-state index contributed by atoms with van der Waals surface area (Å²) in [5.41, 5.74) is 0. The van der Waals surface area contributed by atoms with E-state index >= 15 is 0 Å². The summed E-state index contributed by atoms with van der Waals surface area (Å²) in [4.78, 5) is 14.6. The van der Waals surface area contributed by atoms with Crippen LogP contribution in [0.1, 0.15) is 71.1 Å². The molecule has 3 aliphatic rings. The number of hydrogen-bond acceptors (Lipinski definition) is 3. The van der Waals surface area contributed by atoms with Crippen LogP contribution in [0.5, 0.6) is 0 Å². The number of carbonyl (C=O) groups is 1. The first-order chi connectivity index (χ1) is 11.1. The minimum absolute atomic E-state index is 0.142. The highest BCUT2D eigenvalue weighted by Gasteiger charge is 2.39. The standard InChI is InChI=1S/C19H33NO3/c1-14-8-10-15(11-9-14)23-13-19(22)20-12-4-6-17(20)16-5-2-3-7-18(16)21/h14-18,21H,2-13H2,1H3/t14?,15?,16-,17-,18+/m1/s1. The fraction of sp³-hybridized carbons (Fsp3) is 0.947. The van der Waals surface area contributed by atoms with E-state index in [9.17, 15) is 9.90 Å². The van der Waals surface area contributed by atoms with E-state index < -0.39 is 0 Å². The monoisotopic (exact) mass is 323 g/mol. The lowest BCUT2D eigenvalue weighted by Crippen LogP contribution is -2.46. The van der Waals surface area contributed by atoms with E-state index in [0.717, 1.165) is 57.4 Å². The molecule has 1 amide bonds. The number of ether oxygens (including phenoxy) is 1. The first-order valence-corrected chi connectivity index (χ1v) is 9.74. The van der Waals surface area contributed by atoms with Crippen molar-refractivity contribution in [1.82, 2.24) is 4.90 Å². The van der Waals surface area contributed by atoms with E-state index in [1.807, 2.05) is 4.90 Å². The number of hydrogen-bond donors (Lipinski definition) is 1. The molecule has 3 rings (SSSR count). The van der Waals surface area contributed by atoms with Crippen LogP contribution in [-0.2, 0) is 9.53 Å². The molecule has 1 N–H and O–H groups in total. The van der Waals surface area contributed by atoms with Gasteiger partial charge in [-0.05, 0) is 57.3 Å². The molecular formula is C19H33NO3. The van der Waals surface area contributed by atoms with Crippen LogP contribution < -0.4 is 0 Å². The summed E-state index contributed by atoms with van der Waals surface area (Å²) in [5.74, 6) is 1.23. The van der Waals surface area contributed by atoms with Gasteiger partial charge in [0, 0.05) is 18.5 Å². The van der Waals surface area contributed by atoms with Gasteiger partial charge >= 0.3 is 0 Å². The predicted molar refractivity (Wildman–Crippen MR) is 90.1 cm³/mol. The maximum absolute atomic E-state index is 12.6. The third kappa shape index (κ3) is 4.27. The summed E-state index contributed by atoms with van der Waals surface area (Å²) in [6.45, 7) is 3.38. The van der Waals surface area contributed by atoms with Gasteiger partial charge in [0.15, 0.2) is 0 Å². The van der Waals surface area contributed by atoms with Gasteiger partial charge < -0.3 is 14.7 Å². The maximum atomic E-state index is 12.6. The Hall–Kier alpha value is -0.610. The lowest BCUT2D eigenvalue weighted by Gasteiger charge is -2.37. The van der Waals surface area contributed by atoms with Crippen molar-refractivity contribution < 1.29 is 14.6 Å². The smallest absolute Gasteiger partial charge is 0.248 e. The van der Waals surface area contributed by atoms with Gasteiger partial charge in [-0.2, -0.15) is 0 Å². The maximum Gasteiger partial charge on any atom is 0.248 e. The van der Waals surface area contributed by atoms with Crippen molar-refractivity contribution in [3.63, 3.8) is 0 Å². The molecular weight excluding hydrogens is 290 g/mol. The van der Waals surface area contributed by atoms with E-state index in [-0.39, 0.29) is 36.7 Å². The van der Waals surface area contributed by atoms with Gasteiger partial charge in [0.05, 0.1) is 12.2 Å². The van der Waals surface area contributed by atoms with Crippen LogP contribution in [0.15, 0.2) is 0 Å². The van der Waals surface area contributed by atoms with Crippen LogP contribution in [0.2, 0.25) is 0 Å². The Kier molecular flexibility index (Phi) is 5.97. The van der Waals surface area contributed by atoms with Crippen molar-refractivity contribution in [3.8, 4) is 0 Å². The van der Waals surface area contributed by atoms with Crippen molar-refractivity contribution in [2.45, 2.75) is 89.4 Å². The van der Waals surface area contributed by atoms with Crippen LogP contribution in [0.4, 0.5) is 0 Å². The molecule has 0 spiro atoms. The number of carbonyl (C=O) groups excluding carboxylic acids is 1. The van der Waals surface area contributed by atoms with Crippen LogP contribution in [0, 0.1) is 11.8 Å². The molecule has 0 radical (unpaired) electrons. The van der Waals surface area contributed by atoms with Crippen molar-refractivity contribution >= 4 is 5.91 Å². The van der Waals surface area contributed by atoms with Gasteiger partial charge in [0.1, 0.15) is 6.61 Å². The summed E-state index contributed by atoms with van der Waals surface area (Å²) in [6, 6.07) is 0.243. The van der Waals surface area contributed by atoms with Crippen LogP contribution in [-0.4, -0.2) is 47.3 Å². The van der Waals surface area contributed by atoms with E-state index in [4.69, 9.17) is 4.74 Å². The predicted octanol–water partition coefficient (Wildman–Crippen LogP) is 3.12. The number of rotatable bonds is 4. The lowest BCUT2D eigenvalue weighted by atomic mass is 9.80. The zero-order valence-electron chi connectivity index (χ0n) is 14.6. The van der Waals surface area contributed by atoms with E-state index in [1.54, 1.807) is 0 Å². The zero-order valence-corrected chi connectivity index (χ0v) is 14.6. The largest absolute Gasteiger partial charge is 0.393 e. The molecule has 0 unspecified atom stereocenters. The van der Waals surface area contributed by atoms with Gasteiger partial charge in [-0.15, -0.1) is 0 Å². The Bertz CT molecular complexity index is 392. The highest BCUT2D eigenvalue weighted by molar-refractivity contribution is 5.78. The highest BCUT2D eigenvalue weighted by Crippen LogP contribution is 2.35. The number of aliphatic hydroxyl groups excluding tert-OH is 1. The molecule has 4 nitrogen and oxygen atoms in total. The molecule has 3 fully saturated rings. The van der Waals surface area contributed by atoms with Crippen molar-refractivity contribution in [2.24, 2.45) is 11.8 Å². The molecule has 3 atom stereocenters. The Morgan fingerprint density at radius 3 is 2.52 bits per heavy atom. The van der Waals surface area contributed by atoms with Crippen molar-refractivity contribution in [3.05, 3.63) is 0 Å². The number of nitrogens with zero attached hydrogens (tertiary/aromatic N) is 1. The third-order valence-corrected chi connectivity index (χ3v) is 6.30. The second-order valence-electron chi connectivity index (χ2n) is 8.01. The minimum atomic E-state index is -0.220. The van der Waals surface area contributed by atoms with Crippen molar-refractivity contribution in [1.29, 1.82) is 0 Å². The fourth-order valence-electron chi connectivity index (χ4n) is 4.80. The Labute approximate surface area is 140 Å². The molecule has 2 aliphatic carbocycles. The Morgan fingerprint density at radius 2 is 1.78 bits per heavy atom. The second-order valence-corrected chi connectivity index (χ2v) is 8.01. The van der Waals surface area contributed by atoms with E-state index in [2.05, 4.69) is 6.92 Å². The summed E-state index contributed by atoms with van der Waals surface area (Å²) in [6.07, 6.45) is 11.1. The molecule has 2 saturated carbocycles. The quantitative estimate of drug-likeness (QED) is 0.865. The fourth-order valence-corrected chi connectivity index (χ4v) is 4.80. The molecule has 132 valence electrons. The molecule has 0 bridgehead atoms. The summed E-state index contributed by atoms with van der Waals surface area (Å²) < 4.78 is 5.91. The number of amides is 1. The topological polar surface area (TPSA) is 49.8 Å². The number of aliphatic hydroxyl groups is 1. The first kappa shape index (κ1) is 17.2. The average molecular weight is 323 g/mol. The van der Waals surface area contributed by atoms with Gasteiger partial charge in [-0.25, -0.2) is 0 Å². The van der Waals surface area contributed by atoms with Crippen LogP contribution in [0.25, 0.3) is 0 Å². The Morgan fingerprint density at radius 1 is 1.04 bits per heavy atom. The van der Waals surface area contributed by atoms with Gasteiger partial charge in [-0.1, -0.05) is 19.8 Å². The van der Waals surface area contributed by atoms with Crippen molar-refractivity contribution in [2.75, 3.05) is 13.2 Å². The lowest BCUT2D eigenvalue weighted by molar-refractivity contribution is -0.142. The van der Waals surface area contributed by atoms with Crippen LogP contribution >= 0.6 is 0 Å². The van der Waals surface area contributed by atoms with Gasteiger partial charge in [-0.3, -0.25) is 4.79 Å². The summed E-state index contributed by atoms with van der Waals surface area (Å²) in [7, 11) is 0. The highest BCUT2D eigenvalue weighted by atomic mass is 16.5. The third-order valence-electron chi connectivity index (χ3n) is 6.30. The molecule has 23 heavy (non-hydrogen) atoms. The van der Waals surface area contributed by atoms with E-state index in [1.165, 1.54) is 19.3 Å². The molecule has 0 aromatic rings. The van der Waals surface area contributed by atoms with Gasteiger partial charge in [0.25, 0.3) is 0 Å². The average Bonchev–Trinajstić information content (AvgIpc) is 3.04. The summed E-state index contributed by atoms with van der Waals surface area (Å²) >= 11 is 0. The SMILES string of the molecule is CC1CCC(OCC(=O)N2CCC[C@@H]2[C@H]2CCCC[C@@H]2O)CC1. The van der Waals surface area contributed by atoms with Gasteiger partial charge in [0.2, 0.25) is 5.91 Å². The molecule has 1 aliphatic heterocycles. The summed E-state index contributed by atoms with van der Waals surface area (Å²) in [5, 5.41) is 10.3. The second kappa shape index (κ2) is 7.98. The first-order valence-electron chi connectivity index (χ1n) is 9.74. The molecule has 4 heteroatoms. The normalized spacial score (nSPS) is 38.7. The minimum Gasteiger partial charge on any atom is -0.393 e. The molecule has 0 aromatic heterocycles.